The van der Waals surface area contributed by atoms with Crippen molar-refractivity contribution < 1.29 is 75.8 Å². The molecule has 0 rings (SSSR count). The maximum absolute atomic E-state index is 13.0. The van der Waals surface area contributed by atoms with Crippen molar-refractivity contribution in [3.05, 3.63) is 158 Å². The Bertz CT molecular complexity index is 2760. The first-order valence-corrected chi connectivity index (χ1v) is 49.8. The summed E-state index contributed by atoms with van der Waals surface area (Å²) in [5.74, 6) is -1.57. The molecule has 4 N–H and O–H groups in total. The summed E-state index contributed by atoms with van der Waals surface area (Å²) >= 11 is 0. The van der Waals surface area contributed by atoms with Gasteiger partial charge in [0, 0.05) is 19.3 Å². The van der Waals surface area contributed by atoms with Gasteiger partial charge >= 0.3 is 33.6 Å². The van der Waals surface area contributed by atoms with Crippen LogP contribution in [0.3, 0.4) is 0 Å². The van der Waals surface area contributed by atoms with Crippen molar-refractivity contribution in [3.63, 3.8) is 0 Å². The highest BCUT2D eigenvalue weighted by Crippen LogP contribution is 2.45. The van der Waals surface area contributed by atoms with E-state index in [1.54, 1.807) is 0 Å². The molecule has 0 fully saturated rings. The zero-order chi connectivity index (χ0) is 85.1. The third-order valence-corrected chi connectivity index (χ3v) is 21.6. The molecule has 0 aliphatic carbocycles. The number of hydrogen-bond acceptors (Lipinski definition) is 14. The number of esters is 3. The maximum atomic E-state index is 13.0. The van der Waals surface area contributed by atoms with Gasteiger partial charge in [0.1, 0.15) is 25.4 Å². The number of rotatable bonds is 88. The molecule has 5 unspecified atom stereocenters. The number of unbranched alkanes of at least 4 members (excludes halogenated alkanes) is 39. The molecule has 0 aromatic heterocycles. The van der Waals surface area contributed by atoms with E-state index in [2.05, 4.69) is 179 Å². The third-order valence-electron chi connectivity index (χ3n) is 19.7. The Balaban J connectivity index is 4.46. The monoisotopic (exact) mass is 1680 g/mol. The molecule has 0 saturated carbocycles. The molecular weight excluding hydrogens is 1510 g/mol. The molecular formula is C99H170O16P2. The fraction of sp³-hybridized carbons (Fsp3) is 0.707. The lowest BCUT2D eigenvalue weighted by Gasteiger charge is -2.21. The highest BCUT2D eigenvalue weighted by Gasteiger charge is 2.29. The predicted molar refractivity (Wildman–Crippen MR) is 491 cm³/mol. The van der Waals surface area contributed by atoms with Crippen molar-refractivity contribution in [2.24, 2.45) is 0 Å². The minimum atomic E-state index is -4.94. The number of phosphoric ester groups is 2. The summed E-state index contributed by atoms with van der Waals surface area (Å²) in [4.78, 5) is 59.0. The number of ether oxygens (including phenoxy) is 3. The van der Waals surface area contributed by atoms with Gasteiger partial charge in [0.2, 0.25) is 0 Å². The molecule has 16 nitrogen and oxygen atoms in total. The van der Waals surface area contributed by atoms with Gasteiger partial charge in [-0.25, -0.2) is 9.13 Å². The van der Waals surface area contributed by atoms with Crippen molar-refractivity contribution in [2.75, 3.05) is 39.6 Å². The molecule has 0 bridgehead atoms. The molecule has 0 saturated heterocycles. The minimum absolute atomic E-state index is 0.0912. The van der Waals surface area contributed by atoms with Crippen LogP contribution in [0, 0.1) is 0 Å². The zero-order valence-electron chi connectivity index (χ0n) is 74.1. The second-order valence-corrected chi connectivity index (χ2v) is 33.9. The van der Waals surface area contributed by atoms with Crippen LogP contribution in [-0.2, 0) is 55.8 Å². The van der Waals surface area contributed by atoms with Crippen LogP contribution in [0.1, 0.15) is 393 Å². The van der Waals surface area contributed by atoms with Crippen LogP contribution >= 0.6 is 15.6 Å². The lowest BCUT2D eigenvalue weighted by atomic mass is 10.0. The molecule has 0 aromatic carbocycles. The minimum Gasteiger partial charge on any atom is -0.463 e. The van der Waals surface area contributed by atoms with Gasteiger partial charge in [-0.1, -0.05) is 391 Å². The van der Waals surface area contributed by atoms with E-state index in [1.807, 2.05) is 0 Å². The number of carbonyl (C=O) groups is 3. The van der Waals surface area contributed by atoms with Crippen molar-refractivity contribution >= 4 is 33.6 Å². The SMILES string of the molecule is CC/C=C\C/C=C\C/C=C\C/C=C\C/C=C\CCCCCCCCCCCCCCCCCCCCCC(=O)OCC(O)COP(=O)(O)OCC(O)COP(=O)(O)OCC(COC(=O)CCCCCCCCCCCCCCC/C=C\C/C=C\C/C=C\C/C=C\C/C=C\CC)OC(=O)CCCCCCCCC/C=C\C/C=C\C/C=C\CC. The summed E-state index contributed by atoms with van der Waals surface area (Å²) in [5, 5.41) is 20.7. The van der Waals surface area contributed by atoms with Gasteiger partial charge in [0.25, 0.3) is 0 Å². The summed E-state index contributed by atoms with van der Waals surface area (Å²) in [7, 11) is -9.81. The summed E-state index contributed by atoms with van der Waals surface area (Å²) < 4.78 is 61.5. The molecule has 672 valence electrons. The van der Waals surface area contributed by atoms with Crippen molar-refractivity contribution in [1.29, 1.82) is 0 Å². The van der Waals surface area contributed by atoms with E-state index in [9.17, 15) is 43.5 Å². The first-order valence-electron chi connectivity index (χ1n) is 46.8. The fourth-order valence-electron chi connectivity index (χ4n) is 12.8. The molecule has 0 amide bonds. The lowest BCUT2D eigenvalue weighted by Crippen LogP contribution is -2.30. The molecule has 0 aliphatic rings. The Morgan fingerprint density at radius 3 is 0.675 bits per heavy atom. The number of allylic oxidation sites excluding steroid dienone is 26. The Hall–Kier alpha value is -4.83. The van der Waals surface area contributed by atoms with Crippen LogP contribution in [0.25, 0.3) is 0 Å². The number of aliphatic hydroxyl groups is 2. The van der Waals surface area contributed by atoms with Gasteiger partial charge in [-0.05, 0) is 141 Å². The number of phosphoric acid groups is 2. The number of aliphatic hydroxyl groups excluding tert-OH is 2. The van der Waals surface area contributed by atoms with Crippen LogP contribution in [0.5, 0.6) is 0 Å². The summed E-state index contributed by atoms with van der Waals surface area (Å²) in [6, 6.07) is 0. The van der Waals surface area contributed by atoms with E-state index in [0.717, 1.165) is 180 Å². The lowest BCUT2D eigenvalue weighted by molar-refractivity contribution is -0.161. The Morgan fingerprint density at radius 2 is 0.427 bits per heavy atom. The van der Waals surface area contributed by atoms with Gasteiger partial charge in [0.15, 0.2) is 6.10 Å². The van der Waals surface area contributed by atoms with E-state index in [1.165, 1.54) is 154 Å². The van der Waals surface area contributed by atoms with Crippen molar-refractivity contribution in [1.82, 2.24) is 0 Å². The Labute approximate surface area is 714 Å². The van der Waals surface area contributed by atoms with Crippen molar-refractivity contribution in [3.8, 4) is 0 Å². The molecule has 18 heteroatoms. The average molecular weight is 1680 g/mol. The molecule has 5 atom stereocenters. The second-order valence-electron chi connectivity index (χ2n) is 31.0. The van der Waals surface area contributed by atoms with Crippen LogP contribution in [0.15, 0.2) is 158 Å². The summed E-state index contributed by atoms with van der Waals surface area (Å²) in [5.41, 5.74) is 0. The largest absolute Gasteiger partial charge is 0.472 e. The molecule has 117 heavy (non-hydrogen) atoms. The molecule has 0 spiro atoms. The third kappa shape index (κ3) is 91.7. The number of carbonyl (C=O) groups excluding carboxylic acids is 3. The van der Waals surface area contributed by atoms with Crippen LogP contribution in [0.2, 0.25) is 0 Å². The summed E-state index contributed by atoms with van der Waals surface area (Å²) in [6.07, 6.45) is 116. The Kier molecular flexibility index (Phi) is 86.7. The van der Waals surface area contributed by atoms with E-state index in [4.69, 9.17) is 32.3 Å². The zero-order valence-corrected chi connectivity index (χ0v) is 75.9. The average Bonchev–Trinajstić information content (AvgIpc) is 0.901. The smallest absolute Gasteiger partial charge is 0.463 e. The summed E-state index contributed by atoms with van der Waals surface area (Å²) in [6.45, 7) is 2.39. The molecule has 0 aliphatic heterocycles. The highest BCUT2D eigenvalue weighted by molar-refractivity contribution is 7.47. The van der Waals surface area contributed by atoms with Gasteiger partial charge in [-0.3, -0.25) is 32.5 Å². The van der Waals surface area contributed by atoms with Gasteiger partial charge in [-0.15, -0.1) is 0 Å². The van der Waals surface area contributed by atoms with Crippen LogP contribution in [0.4, 0.5) is 0 Å². The van der Waals surface area contributed by atoms with E-state index >= 15 is 0 Å². The fourth-order valence-corrected chi connectivity index (χ4v) is 14.3. The van der Waals surface area contributed by atoms with E-state index < -0.39 is 91.5 Å². The first kappa shape index (κ1) is 112. The normalized spacial score (nSPS) is 14.5. The van der Waals surface area contributed by atoms with E-state index in [-0.39, 0.29) is 19.3 Å². The molecule has 0 heterocycles. The quantitative estimate of drug-likeness (QED) is 0.0146. The number of hydrogen-bond donors (Lipinski definition) is 4. The van der Waals surface area contributed by atoms with Crippen molar-refractivity contribution in [2.45, 2.75) is 411 Å². The molecule has 0 aromatic rings. The molecule has 0 radical (unpaired) electrons. The van der Waals surface area contributed by atoms with E-state index in [0.29, 0.717) is 19.3 Å². The second kappa shape index (κ2) is 90.4. The predicted octanol–water partition coefficient (Wildman–Crippen LogP) is 28.9. The highest BCUT2D eigenvalue weighted by atomic mass is 31.2. The Morgan fingerprint density at radius 1 is 0.239 bits per heavy atom. The van der Waals surface area contributed by atoms with Crippen LogP contribution in [-0.4, -0.2) is 95.9 Å². The standard InChI is InChI=1S/C99H170O16P2/c1-4-7-10-13-16-19-22-25-28-31-33-35-37-39-41-43-44-45-46-47-48-50-52-53-55-57-59-62-64-67-70-73-76-79-82-85-97(102)109-88-94(100)89-111-116(105,106)112-90-95(101)91-113-117(107,108)114-93-96(115-99(104)87-84-81-78-75-72-69-66-61-30-27-24-21-18-15-12-9-6-3)92-110-98(103)86-83-80-77-74-71-68-65-63-60-58-56-54-51-49-42-40-38-36-34-32-29-26-23-20-17-14-11-8-5-2/h7-12,16-21,25-30,33-36,39-42,94-96,100-101H,4-6,13-15,22-24,31-32,37-38,43-93H2,1-3H3,(H,105,106)(H,107,108)/b10-7-,11-8-,12-9-,19-16-,20-17-,21-18-,28-25-,29-26-,30-27-,35-33-,36-34-,41-39-,42-40-. The maximum Gasteiger partial charge on any atom is 0.472 e. The van der Waals surface area contributed by atoms with Gasteiger partial charge in [0.05, 0.1) is 26.4 Å². The first-order chi connectivity index (χ1) is 57.2. The van der Waals surface area contributed by atoms with Crippen LogP contribution < -0.4 is 0 Å². The van der Waals surface area contributed by atoms with Gasteiger partial charge in [-0.2, -0.15) is 0 Å². The topological polar surface area (TPSA) is 231 Å². The van der Waals surface area contributed by atoms with Gasteiger partial charge < -0.3 is 34.2 Å².